The summed E-state index contributed by atoms with van der Waals surface area (Å²) in [5, 5.41) is 3.25. The summed E-state index contributed by atoms with van der Waals surface area (Å²) in [6.45, 7) is 13.8. The lowest BCUT2D eigenvalue weighted by Crippen LogP contribution is -2.82. The Kier molecular flexibility index (Phi) is 3.97. The molecule has 0 radical (unpaired) electrons. The molecule has 1 heterocycles. The molecule has 0 bridgehead atoms. The molecule has 0 aromatic rings. The number of amides is 1. The molecule has 1 aliphatic heterocycles. The van der Waals surface area contributed by atoms with Gasteiger partial charge in [0.2, 0.25) is 5.91 Å². The Morgan fingerprint density at radius 3 is 2.14 bits per heavy atom. The number of rotatable bonds is 2. The summed E-state index contributed by atoms with van der Waals surface area (Å²) < 4.78 is 5.88. The Bertz CT molecular complexity index is 475. The molecule has 3 fully saturated rings. The van der Waals surface area contributed by atoms with Crippen molar-refractivity contribution in [3.05, 3.63) is 0 Å². The van der Waals surface area contributed by atoms with E-state index in [4.69, 9.17) is 10.5 Å². The second-order valence-electron chi connectivity index (χ2n) is 8.98. The van der Waals surface area contributed by atoms with Gasteiger partial charge in [-0.2, -0.15) is 0 Å². The molecule has 1 amide bonds. The zero-order chi connectivity index (χ0) is 15.8. The first-order chi connectivity index (χ1) is 9.49. The third-order valence-electron chi connectivity index (χ3n) is 7.36. The molecule has 4 nitrogen and oxygen atoms in total. The molecular weight excluding hydrogens is 300 g/mol. The summed E-state index contributed by atoms with van der Waals surface area (Å²) in [5.74, 6) is 0.175. The number of nitrogens with one attached hydrogen (secondary N) is 1. The minimum atomic E-state index is -0.799. The van der Waals surface area contributed by atoms with Crippen LogP contribution in [0.3, 0.4) is 0 Å². The maximum absolute atomic E-state index is 13.0. The van der Waals surface area contributed by atoms with E-state index in [2.05, 4.69) is 46.9 Å². The maximum Gasteiger partial charge on any atom is 0.241 e. The topological polar surface area (TPSA) is 64.4 Å². The van der Waals surface area contributed by atoms with Crippen LogP contribution in [0.4, 0.5) is 0 Å². The molecule has 2 saturated carbocycles. The Morgan fingerprint density at radius 1 is 1.09 bits per heavy atom. The fraction of sp³-hybridized carbons (Fsp3) is 0.941. The summed E-state index contributed by atoms with van der Waals surface area (Å²) in [7, 11) is 0. The largest absolute Gasteiger partial charge is 0.377 e. The molecule has 5 heteroatoms. The monoisotopic (exact) mass is 330 g/mol. The number of halogens is 1. The van der Waals surface area contributed by atoms with Crippen molar-refractivity contribution in [2.24, 2.45) is 27.9 Å². The third kappa shape index (κ3) is 1.87. The minimum Gasteiger partial charge on any atom is -0.377 e. The maximum atomic E-state index is 13.0. The van der Waals surface area contributed by atoms with Gasteiger partial charge < -0.3 is 15.8 Å². The van der Waals surface area contributed by atoms with Crippen LogP contribution >= 0.6 is 12.4 Å². The highest BCUT2D eigenvalue weighted by Gasteiger charge is 2.72. The van der Waals surface area contributed by atoms with Gasteiger partial charge >= 0.3 is 0 Å². The summed E-state index contributed by atoms with van der Waals surface area (Å²) >= 11 is 0. The van der Waals surface area contributed by atoms with Crippen LogP contribution in [0.5, 0.6) is 0 Å². The molecule has 1 saturated heterocycles. The molecule has 128 valence electrons. The second kappa shape index (κ2) is 4.84. The lowest BCUT2D eigenvalue weighted by molar-refractivity contribution is -0.225. The summed E-state index contributed by atoms with van der Waals surface area (Å²) in [5.41, 5.74) is 5.81. The number of ether oxygens (including phenoxy) is 1. The zero-order valence-corrected chi connectivity index (χ0v) is 15.5. The molecule has 2 aliphatic carbocycles. The SMILES string of the molecule is CC1(C)C(NC(=O)C2(N)C3CCCOC3C2(C)C)C1(C)C.Cl. The van der Waals surface area contributed by atoms with Crippen molar-refractivity contribution in [2.45, 2.75) is 72.1 Å². The average molecular weight is 331 g/mol. The number of carbonyl (C=O) groups is 1. The molecule has 3 atom stereocenters. The van der Waals surface area contributed by atoms with E-state index in [0.717, 1.165) is 19.4 Å². The van der Waals surface area contributed by atoms with E-state index in [1.165, 1.54) is 0 Å². The summed E-state index contributed by atoms with van der Waals surface area (Å²) in [4.78, 5) is 13.0. The van der Waals surface area contributed by atoms with Gasteiger partial charge in [-0.25, -0.2) is 0 Å². The normalized spacial score (nSPS) is 40.7. The van der Waals surface area contributed by atoms with Gasteiger partial charge in [0.1, 0.15) is 5.54 Å². The van der Waals surface area contributed by atoms with E-state index in [9.17, 15) is 4.79 Å². The van der Waals surface area contributed by atoms with Crippen LogP contribution in [0.15, 0.2) is 0 Å². The molecule has 3 N–H and O–H groups in total. The number of carbonyl (C=O) groups excluding carboxylic acids is 1. The third-order valence-corrected chi connectivity index (χ3v) is 7.36. The molecule has 22 heavy (non-hydrogen) atoms. The van der Waals surface area contributed by atoms with Crippen molar-refractivity contribution < 1.29 is 9.53 Å². The van der Waals surface area contributed by atoms with Crippen LogP contribution in [0.2, 0.25) is 0 Å². The molecule has 3 rings (SSSR count). The van der Waals surface area contributed by atoms with Crippen molar-refractivity contribution in [1.82, 2.24) is 5.32 Å². The Morgan fingerprint density at radius 2 is 1.64 bits per heavy atom. The lowest BCUT2D eigenvalue weighted by Gasteiger charge is -2.65. The van der Waals surface area contributed by atoms with E-state index >= 15 is 0 Å². The van der Waals surface area contributed by atoms with Crippen LogP contribution < -0.4 is 11.1 Å². The van der Waals surface area contributed by atoms with Crippen LogP contribution in [0.1, 0.15) is 54.4 Å². The average Bonchev–Trinajstić information content (AvgIpc) is 2.80. The van der Waals surface area contributed by atoms with Crippen molar-refractivity contribution in [2.75, 3.05) is 6.61 Å². The van der Waals surface area contributed by atoms with Gasteiger partial charge in [0.05, 0.1) is 6.10 Å². The van der Waals surface area contributed by atoms with Crippen molar-refractivity contribution in [1.29, 1.82) is 0 Å². The van der Waals surface area contributed by atoms with Gasteiger partial charge in [-0.05, 0) is 23.7 Å². The first-order valence-electron chi connectivity index (χ1n) is 8.20. The van der Waals surface area contributed by atoms with Crippen molar-refractivity contribution in [3.63, 3.8) is 0 Å². The second-order valence-corrected chi connectivity index (χ2v) is 8.98. The minimum absolute atomic E-state index is 0. The molecule has 0 spiro atoms. The standard InChI is InChI=1S/C17H30N2O2.ClH/c1-14(2)11-10(8-7-9-21-11)17(14,18)13(20)19-12-15(3,4)16(12,5)6;/h10-12H,7-9,18H2,1-6H3,(H,19,20);1H. The molecule has 3 unspecified atom stereocenters. The fourth-order valence-corrected chi connectivity index (χ4v) is 4.84. The Labute approximate surface area is 140 Å². The van der Waals surface area contributed by atoms with E-state index in [1.807, 2.05) is 0 Å². The van der Waals surface area contributed by atoms with Gasteiger partial charge in [0, 0.05) is 24.0 Å². The van der Waals surface area contributed by atoms with Gasteiger partial charge in [0.25, 0.3) is 0 Å². The van der Waals surface area contributed by atoms with E-state index in [-0.39, 0.29) is 52.6 Å². The smallest absolute Gasteiger partial charge is 0.241 e. The van der Waals surface area contributed by atoms with Gasteiger partial charge in [-0.3, -0.25) is 4.79 Å². The quantitative estimate of drug-likeness (QED) is 0.817. The summed E-state index contributed by atoms with van der Waals surface area (Å²) in [6.07, 6.45) is 2.13. The number of hydrogen-bond acceptors (Lipinski definition) is 3. The molecular formula is C17H31ClN2O2. The predicted molar refractivity (Wildman–Crippen MR) is 89.9 cm³/mol. The van der Waals surface area contributed by atoms with Crippen LogP contribution in [0, 0.1) is 22.2 Å². The Hall–Kier alpha value is -0.320. The highest BCUT2D eigenvalue weighted by molar-refractivity contribution is 5.90. The predicted octanol–water partition coefficient (Wildman–Crippen LogP) is 2.49. The van der Waals surface area contributed by atoms with Crippen molar-refractivity contribution >= 4 is 18.3 Å². The Balaban J connectivity index is 0.00000176. The van der Waals surface area contributed by atoms with Crippen molar-refractivity contribution in [3.8, 4) is 0 Å². The van der Waals surface area contributed by atoms with Gasteiger partial charge in [-0.1, -0.05) is 41.5 Å². The first-order valence-corrected chi connectivity index (χ1v) is 8.20. The van der Waals surface area contributed by atoms with Gasteiger partial charge in [0.15, 0.2) is 0 Å². The molecule has 0 aromatic carbocycles. The van der Waals surface area contributed by atoms with Gasteiger partial charge in [-0.15, -0.1) is 12.4 Å². The summed E-state index contributed by atoms with van der Waals surface area (Å²) in [6, 6.07) is 0.206. The molecule has 0 aromatic heterocycles. The van der Waals surface area contributed by atoms with Crippen LogP contribution in [0.25, 0.3) is 0 Å². The zero-order valence-electron chi connectivity index (χ0n) is 14.7. The van der Waals surface area contributed by atoms with E-state index in [1.54, 1.807) is 0 Å². The first kappa shape index (κ1) is 18.0. The van der Waals surface area contributed by atoms with E-state index in [0.29, 0.717) is 0 Å². The number of fused-ring (bicyclic) bond motifs is 1. The number of nitrogens with two attached hydrogens (primary N) is 1. The van der Waals surface area contributed by atoms with E-state index < -0.39 is 5.54 Å². The fourth-order valence-electron chi connectivity index (χ4n) is 4.84. The highest BCUT2D eigenvalue weighted by Crippen LogP contribution is 2.63. The highest BCUT2D eigenvalue weighted by atomic mass is 35.5. The molecule has 3 aliphatic rings. The number of hydrogen-bond donors (Lipinski definition) is 2. The van der Waals surface area contributed by atoms with Crippen LogP contribution in [-0.2, 0) is 9.53 Å². The van der Waals surface area contributed by atoms with Crippen LogP contribution in [-0.4, -0.2) is 30.2 Å². The lowest BCUT2D eigenvalue weighted by atomic mass is 9.46.